The third-order valence-electron chi connectivity index (χ3n) is 2.29. The SMILES string of the molecule is CCOC(=O)Cc1cc(OC)c(OC)cc1N. The molecule has 0 fully saturated rings. The lowest BCUT2D eigenvalue weighted by atomic mass is 10.1. The Bertz CT molecular complexity index is 404. The van der Waals surface area contributed by atoms with Gasteiger partial charge in [0.25, 0.3) is 0 Å². The fraction of sp³-hybridized carbons (Fsp3) is 0.417. The van der Waals surface area contributed by atoms with Gasteiger partial charge in [-0.1, -0.05) is 0 Å². The Labute approximate surface area is 100 Å². The predicted molar refractivity (Wildman–Crippen MR) is 64.3 cm³/mol. The van der Waals surface area contributed by atoms with Crippen molar-refractivity contribution in [2.75, 3.05) is 26.6 Å². The van der Waals surface area contributed by atoms with Crippen molar-refractivity contribution in [1.29, 1.82) is 0 Å². The maximum absolute atomic E-state index is 11.4. The summed E-state index contributed by atoms with van der Waals surface area (Å²) < 4.78 is 15.1. The van der Waals surface area contributed by atoms with Crippen LogP contribution in [-0.2, 0) is 16.0 Å². The maximum atomic E-state index is 11.4. The van der Waals surface area contributed by atoms with E-state index in [0.717, 1.165) is 0 Å². The molecule has 0 amide bonds. The van der Waals surface area contributed by atoms with Gasteiger partial charge in [0, 0.05) is 11.8 Å². The molecule has 0 aliphatic rings. The molecule has 1 rings (SSSR count). The summed E-state index contributed by atoms with van der Waals surface area (Å²) in [5.41, 5.74) is 6.97. The maximum Gasteiger partial charge on any atom is 0.310 e. The molecule has 1 aromatic carbocycles. The summed E-state index contributed by atoms with van der Waals surface area (Å²) in [6, 6.07) is 3.32. The Kier molecular flexibility index (Phi) is 4.63. The number of methoxy groups -OCH3 is 2. The second kappa shape index (κ2) is 5.98. The van der Waals surface area contributed by atoms with E-state index in [2.05, 4.69) is 0 Å². The summed E-state index contributed by atoms with van der Waals surface area (Å²) in [6.45, 7) is 2.11. The normalized spacial score (nSPS) is 9.82. The number of anilines is 1. The summed E-state index contributed by atoms with van der Waals surface area (Å²) in [5, 5.41) is 0. The highest BCUT2D eigenvalue weighted by Crippen LogP contribution is 2.32. The molecule has 0 aliphatic carbocycles. The van der Waals surface area contributed by atoms with Gasteiger partial charge in [0.1, 0.15) is 0 Å². The van der Waals surface area contributed by atoms with E-state index in [0.29, 0.717) is 29.4 Å². The quantitative estimate of drug-likeness (QED) is 0.621. The van der Waals surface area contributed by atoms with E-state index >= 15 is 0 Å². The minimum absolute atomic E-state index is 0.125. The van der Waals surface area contributed by atoms with Gasteiger partial charge in [-0.05, 0) is 18.6 Å². The van der Waals surface area contributed by atoms with E-state index in [-0.39, 0.29) is 12.4 Å². The molecule has 0 unspecified atom stereocenters. The van der Waals surface area contributed by atoms with Gasteiger partial charge in [-0.15, -0.1) is 0 Å². The van der Waals surface area contributed by atoms with Crippen molar-refractivity contribution in [2.45, 2.75) is 13.3 Å². The molecule has 0 aromatic heterocycles. The average Bonchev–Trinajstić information content (AvgIpc) is 2.31. The molecule has 17 heavy (non-hydrogen) atoms. The third kappa shape index (κ3) is 3.27. The first-order chi connectivity index (χ1) is 8.12. The van der Waals surface area contributed by atoms with Crippen LogP contribution in [0, 0.1) is 0 Å². The monoisotopic (exact) mass is 239 g/mol. The molecule has 0 aliphatic heterocycles. The molecule has 0 spiro atoms. The van der Waals surface area contributed by atoms with E-state index in [1.54, 1.807) is 19.1 Å². The molecule has 5 nitrogen and oxygen atoms in total. The smallest absolute Gasteiger partial charge is 0.310 e. The van der Waals surface area contributed by atoms with Crippen LogP contribution in [0.5, 0.6) is 11.5 Å². The molecule has 0 heterocycles. The Hall–Kier alpha value is -1.91. The number of esters is 1. The standard InChI is InChI=1S/C12H17NO4/c1-4-17-12(14)6-8-5-10(15-2)11(16-3)7-9(8)13/h5,7H,4,6,13H2,1-3H3. The van der Waals surface area contributed by atoms with Crippen LogP contribution in [0.1, 0.15) is 12.5 Å². The first-order valence-corrected chi connectivity index (χ1v) is 5.28. The van der Waals surface area contributed by atoms with E-state index in [1.807, 2.05) is 0 Å². The molecule has 94 valence electrons. The molecule has 1 aromatic rings. The average molecular weight is 239 g/mol. The van der Waals surface area contributed by atoms with Crippen LogP contribution < -0.4 is 15.2 Å². The summed E-state index contributed by atoms with van der Waals surface area (Å²) >= 11 is 0. The Morgan fingerprint density at radius 2 is 1.82 bits per heavy atom. The van der Waals surface area contributed by atoms with Gasteiger partial charge in [0.15, 0.2) is 11.5 Å². The van der Waals surface area contributed by atoms with Gasteiger partial charge in [-0.25, -0.2) is 0 Å². The van der Waals surface area contributed by atoms with E-state index in [1.165, 1.54) is 14.2 Å². The van der Waals surface area contributed by atoms with Crippen molar-refractivity contribution >= 4 is 11.7 Å². The number of ether oxygens (including phenoxy) is 3. The van der Waals surface area contributed by atoms with Crippen molar-refractivity contribution in [3.63, 3.8) is 0 Å². The molecular weight excluding hydrogens is 222 g/mol. The number of benzene rings is 1. The number of carbonyl (C=O) groups is 1. The fourth-order valence-corrected chi connectivity index (χ4v) is 1.46. The van der Waals surface area contributed by atoms with E-state index in [9.17, 15) is 4.79 Å². The highest BCUT2D eigenvalue weighted by Gasteiger charge is 2.12. The fourth-order valence-electron chi connectivity index (χ4n) is 1.46. The third-order valence-corrected chi connectivity index (χ3v) is 2.29. The zero-order valence-corrected chi connectivity index (χ0v) is 10.3. The van der Waals surface area contributed by atoms with Gasteiger partial charge in [-0.2, -0.15) is 0 Å². The van der Waals surface area contributed by atoms with Crippen LogP contribution in [0.15, 0.2) is 12.1 Å². The van der Waals surface area contributed by atoms with E-state index < -0.39 is 0 Å². The van der Waals surface area contributed by atoms with Gasteiger partial charge in [0.05, 0.1) is 27.2 Å². The Balaban J connectivity index is 2.96. The largest absolute Gasteiger partial charge is 0.493 e. The number of hydrogen-bond acceptors (Lipinski definition) is 5. The van der Waals surface area contributed by atoms with Crippen molar-refractivity contribution in [2.24, 2.45) is 0 Å². The van der Waals surface area contributed by atoms with E-state index in [4.69, 9.17) is 19.9 Å². The number of hydrogen-bond donors (Lipinski definition) is 1. The van der Waals surface area contributed by atoms with Crippen molar-refractivity contribution in [1.82, 2.24) is 0 Å². The Morgan fingerprint density at radius 3 is 2.35 bits per heavy atom. The van der Waals surface area contributed by atoms with Crippen LogP contribution in [0.4, 0.5) is 5.69 Å². The first-order valence-electron chi connectivity index (χ1n) is 5.28. The highest BCUT2D eigenvalue weighted by atomic mass is 16.5. The number of nitrogens with two attached hydrogens (primary N) is 1. The zero-order chi connectivity index (χ0) is 12.8. The van der Waals surface area contributed by atoms with Crippen LogP contribution >= 0.6 is 0 Å². The van der Waals surface area contributed by atoms with Crippen molar-refractivity contribution < 1.29 is 19.0 Å². The van der Waals surface area contributed by atoms with Crippen molar-refractivity contribution in [3.8, 4) is 11.5 Å². The molecule has 0 saturated heterocycles. The predicted octanol–water partition coefficient (Wildman–Crippen LogP) is 1.39. The van der Waals surface area contributed by atoms with Crippen LogP contribution in [0.3, 0.4) is 0 Å². The molecule has 0 radical (unpaired) electrons. The number of nitrogen functional groups attached to an aromatic ring is 1. The summed E-state index contributed by atoms with van der Waals surface area (Å²) in [7, 11) is 3.06. The lowest BCUT2D eigenvalue weighted by molar-refractivity contribution is -0.142. The Morgan fingerprint density at radius 1 is 1.24 bits per heavy atom. The van der Waals surface area contributed by atoms with Gasteiger partial charge >= 0.3 is 5.97 Å². The number of rotatable bonds is 5. The van der Waals surface area contributed by atoms with Gasteiger partial charge in [0.2, 0.25) is 0 Å². The van der Waals surface area contributed by atoms with Gasteiger partial charge in [-0.3, -0.25) is 4.79 Å². The lowest BCUT2D eigenvalue weighted by Gasteiger charge is -2.12. The van der Waals surface area contributed by atoms with Crippen LogP contribution in [0.2, 0.25) is 0 Å². The summed E-state index contributed by atoms with van der Waals surface area (Å²) in [6.07, 6.45) is 0.125. The summed E-state index contributed by atoms with van der Waals surface area (Å²) in [5.74, 6) is 0.769. The number of carbonyl (C=O) groups excluding carboxylic acids is 1. The minimum Gasteiger partial charge on any atom is -0.493 e. The first kappa shape index (κ1) is 13.2. The molecule has 5 heteroatoms. The lowest BCUT2D eigenvalue weighted by Crippen LogP contribution is -2.09. The summed E-state index contributed by atoms with van der Waals surface area (Å²) in [4.78, 5) is 11.4. The second-order valence-electron chi connectivity index (χ2n) is 3.39. The highest BCUT2D eigenvalue weighted by molar-refractivity contribution is 5.76. The topological polar surface area (TPSA) is 70.8 Å². The minimum atomic E-state index is -0.314. The molecule has 2 N–H and O–H groups in total. The molecule has 0 saturated carbocycles. The van der Waals surface area contributed by atoms with Crippen LogP contribution in [-0.4, -0.2) is 26.8 Å². The van der Waals surface area contributed by atoms with Gasteiger partial charge < -0.3 is 19.9 Å². The molecule has 0 atom stereocenters. The molecule has 0 bridgehead atoms. The van der Waals surface area contributed by atoms with Crippen LogP contribution in [0.25, 0.3) is 0 Å². The van der Waals surface area contributed by atoms with Crippen molar-refractivity contribution in [3.05, 3.63) is 17.7 Å². The molecular formula is C12H17NO4. The zero-order valence-electron chi connectivity index (χ0n) is 10.3. The second-order valence-corrected chi connectivity index (χ2v) is 3.39.